The van der Waals surface area contributed by atoms with Crippen LogP contribution < -0.4 is 5.73 Å². The van der Waals surface area contributed by atoms with Crippen LogP contribution >= 0.6 is 22.2 Å². The zero-order chi connectivity index (χ0) is 12.5. The molecular formula is C14H14N2S2. The maximum absolute atomic E-state index is 6.08. The van der Waals surface area contributed by atoms with Gasteiger partial charge in [0.1, 0.15) is 10.8 Å². The first kappa shape index (κ1) is 11.6. The van der Waals surface area contributed by atoms with Gasteiger partial charge in [-0.2, -0.15) is 10.9 Å². The molecular weight excluding hydrogens is 260 g/mol. The minimum absolute atomic E-state index is 0.380. The van der Waals surface area contributed by atoms with E-state index in [0.29, 0.717) is 5.82 Å². The third kappa shape index (κ3) is 1.98. The van der Waals surface area contributed by atoms with Crippen LogP contribution in [0.5, 0.6) is 0 Å². The maximum atomic E-state index is 6.08. The zero-order valence-corrected chi connectivity index (χ0v) is 11.7. The van der Waals surface area contributed by atoms with E-state index >= 15 is 0 Å². The highest BCUT2D eigenvalue weighted by Gasteiger charge is 2.17. The maximum Gasteiger partial charge on any atom is 0.147 e. The minimum Gasteiger partial charge on any atom is -0.382 e. The first-order valence-electron chi connectivity index (χ1n) is 5.72. The normalized spacial score (nSPS) is 20.1. The van der Waals surface area contributed by atoms with E-state index in [2.05, 4.69) is 41.6 Å². The first-order valence-corrected chi connectivity index (χ1v) is 7.94. The topological polar surface area (TPSA) is 38.9 Å². The Labute approximate surface area is 113 Å². The predicted octanol–water partition coefficient (Wildman–Crippen LogP) is 4.18. The molecule has 0 spiro atoms. The van der Waals surface area contributed by atoms with E-state index in [-0.39, 0.29) is 10.9 Å². The SMILES string of the molecule is CC1=CC=C[SH]1c1sc(-c2ccccc2)nc1N. The zero-order valence-electron chi connectivity index (χ0n) is 10.00. The largest absolute Gasteiger partial charge is 0.382 e. The summed E-state index contributed by atoms with van der Waals surface area (Å²) in [4.78, 5) is 5.90. The average Bonchev–Trinajstić information content (AvgIpc) is 2.96. The molecule has 1 aromatic heterocycles. The molecule has 0 bridgehead atoms. The monoisotopic (exact) mass is 274 g/mol. The van der Waals surface area contributed by atoms with Gasteiger partial charge in [0.05, 0.1) is 4.21 Å². The van der Waals surface area contributed by atoms with E-state index in [1.165, 1.54) is 9.11 Å². The fraction of sp³-hybridized carbons (Fsp3) is 0.0714. The number of nitrogens with two attached hydrogens (primary N) is 1. The van der Waals surface area contributed by atoms with Gasteiger partial charge in [-0.1, -0.05) is 42.5 Å². The molecule has 0 saturated heterocycles. The van der Waals surface area contributed by atoms with Gasteiger partial charge in [-0.05, 0) is 17.2 Å². The van der Waals surface area contributed by atoms with Gasteiger partial charge in [-0.3, -0.25) is 0 Å². The number of hydrogen-bond donors (Lipinski definition) is 2. The molecule has 3 rings (SSSR count). The second kappa shape index (κ2) is 4.63. The Hall–Kier alpha value is -1.52. The molecule has 1 aromatic carbocycles. The standard InChI is InChI=1S/C14H14N2S2/c1-10-6-5-9-18(10)14-12(15)16-13(17-14)11-7-3-2-4-8-11/h2-9,18H,15H2,1H3. The lowest BCUT2D eigenvalue weighted by atomic mass is 10.2. The summed E-state index contributed by atoms with van der Waals surface area (Å²) in [6.45, 7) is 2.16. The lowest BCUT2D eigenvalue weighted by molar-refractivity contribution is 1.38. The Morgan fingerprint density at radius 1 is 1.22 bits per heavy atom. The first-order chi connectivity index (χ1) is 8.75. The van der Waals surface area contributed by atoms with E-state index < -0.39 is 0 Å². The fourth-order valence-corrected chi connectivity index (χ4v) is 5.39. The number of anilines is 1. The second-order valence-electron chi connectivity index (χ2n) is 4.10. The number of nitrogen functional groups attached to an aromatic ring is 1. The number of thiazole rings is 1. The molecule has 1 aliphatic rings. The quantitative estimate of drug-likeness (QED) is 0.806. The number of rotatable bonds is 2. The van der Waals surface area contributed by atoms with E-state index in [1.54, 1.807) is 11.3 Å². The number of aromatic nitrogens is 1. The lowest BCUT2D eigenvalue weighted by Gasteiger charge is -2.12. The van der Waals surface area contributed by atoms with Crippen LogP contribution in [0.4, 0.5) is 5.82 Å². The lowest BCUT2D eigenvalue weighted by Crippen LogP contribution is -1.88. The van der Waals surface area contributed by atoms with Crippen molar-refractivity contribution in [1.29, 1.82) is 0 Å². The number of nitrogens with zero attached hydrogens (tertiary/aromatic N) is 1. The molecule has 0 amide bonds. The Kier molecular flexibility index (Phi) is 2.97. The highest BCUT2D eigenvalue weighted by atomic mass is 32.2. The van der Waals surface area contributed by atoms with Gasteiger partial charge in [-0.25, -0.2) is 4.98 Å². The highest BCUT2D eigenvalue weighted by Crippen LogP contribution is 2.53. The van der Waals surface area contributed by atoms with Crippen molar-refractivity contribution in [2.75, 3.05) is 5.73 Å². The molecule has 4 heteroatoms. The summed E-state index contributed by atoms with van der Waals surface area (Å²) in [6.07, 6.45) is 4.27. The van der Waals surface area contributed by atoms with Crippen LogP contribution in [0.2, 0.25) is 0 Å². The van der Waals surface area contributed by atoms with Gasteiger partial charge < -0.3 is 5.73 Å². The third-order valence-corrected chi connectivity index (χ3v) is 6.66. The molecule has 1 aliphatic heterocycles. The fourth-order valence-electron chi connectivity index (χ4n) is 1.89. The van der Waals surface area contributed by atoms with E-state index in [4.69, 9.17) is 5.73 Å². The molecule has 0 aliphatic carbocycles. The molecule has 2 nitrogen and oxygen atoms in total. The summed E-state index contributed by atoms with van der Waals surface area (Å²) in [7, 11) is -0.380. The molecule has 2 N–H and O–H groups in total. The van der Waals surface area contributed by atoms with Gasteiger partial charge in [0.25, 0.3) is 0 Å². The summed E-state index contributed by atoms with van der Waals surface area (Å²) in [5.74, 6) is 0.685. The minimum atomic E-state index is -0.380. The van der Waals surface area contributed by atoms with Crippen LogP contribution in [-0.4, -0.2) is 4.98 Å². The van der Waals surface area contributed by atoms with Crippen molar-refractivity contribution in [3.05, 3.63) is 52.8 Å². The Balaban J connectivity index is 2.02. The highest BCUT2D eigenvalue weighted by molar-refractivity contribution is 8.24. The summed E-state index contributed by atoms with van der Waals surface area (Å²) in [5, 5.41) is 3.25. The van der Waals surface area contributed by atoms with Crippen molar-refractivity contribution in [2.24, 2.45) is 0 Å². The Morgan fingerprint density at radius 2 is 2.00 bits per heavy atom. The van der Waals surface area contributed by atoms with Crippen molar-refractivity contribution in [3.63, 3.8) is 0 Å². The van der Waals surface area contributed by atoms with Crippen LogP contribution in [0.15, 0.2) is 57.0 Å². The molecule has 1 atom stereocenters. The number of allylic oxidation sites excluding steroid dienone is 3. The molecule has 92 valence electrons. The van der Waals surface area contributed by atoms with Crippen molar-refractivity contribution in [3.8, 4) is 10.6 Å². The van der Waals surface area contributed by atoms with E-state index in [9.17, 15) is 0 Å². The predicted molar refractivity (Wildman–Crippen MR) is 82.1 cm³/mol. The summed E-state index contributed by atoms with van der Waals surface area (Å²) < 4.78 is 1.21. The van der Waals surface area contributed by atoms with Crippen LogP contribution in [-0.2, 0) is 0 Å². The second-order valence-corrected chi connectivity index (χ2v) is 7.59. The van der Waals surface area contributed by atoms with Crippen LogP contribution in [0.3, 0.4) is 0 Å². The van der Waals surface area contributed by atoms with Crippen LogP contribution in [0.25, 0.3) is 10.6 Å². The smallest absolute Gasteiger partial charge is 0.147 e. The molecule has 1 unspecified atom stereocenters. The molecule has 0 fully saturated rings. The molecule has 18 heavy (non-hydrogen) atoms. The number of benzene rings is 1. The van der Waals surface area contributed by atoms with Crippen molar-refractivity contribution >= 4 is 28.0 Å². The molecule has 2 heterocycles. The average molecular weight is 274 g/mol. The summed E-state index contributed by atoms with van der Waals surface area (Å²) >= 11 is 1.71. The number of hydrogen-bond acceptors (Lipinski definition) is 3. The van der Waals surface area contributed by atoms with Crippen LogP contribution in [0, 0.1) is 0 Å². The van der Waals surface area contributed by atoms with Gasteiger partial charge in [-0.15, -0.1) is 11.3 Å². The van der Waals surface area contributed by atoms with Crippen molar-refractivity contribution in [1.82, 2.24) is 4.98 Å². The van der Waals surface area contributed by atoms with Gasteiger partial charge in [0, 0.05) is 5.56 Å². The van der Waals surface area contributed by atoms with E-state index in [1.807, 2.05) is 18.2 Å². The molecule has 2 aromatic rings. The Morgan fingerprint density at radius 3 is 2.67 bits per heavy atom. The Bertz CT molecular complexity index is 626. The van der Waals surface area contributed by atoms with Gasteiger partial charge in [0.2, 0.25) is 0 Å². The van der Waals surface area contributed by atoms with Gasteiger partial charge >= 0.3 is 0 Å². The molecule has 0 radical (unpaired) electrons. The van der Waals surface area contributed by atoms with E-state index in [0.717, 1.165) is 10.6 Å². The number of thiol groups is 1. The third-order valence-electron chi connectivity index (χ3n) is 2.83. The van der Waals surface area contributed by atoms with Crippen molar-refractivity contribution in [2.45, 2.75) is 11.1 Å². The van der Waals surface area contributed by atoms with Crippen LogP contribution in [0.1, 0.15) is 6.92 Å². The molecule has 0 saturated carbocycles. The summed E-state index contributed by atoms with van der Waals surface area (Å²) in [5.41, 5.74) is 7.21. The summed E-state index contributed by atoms with van der Waals surface area (Å²) in [6, 6.07) is 10.2. The van der Waals surface area contributed by atoms with Gasteiger partial charge in [0.15, 0.2) is 0 Å². The van der Waals surface area contributed by atoms with Crippen molar-refractivity contribution < 1.29 is 0 Å².